The smallest absolute Gasteiger partial charge is 0.0244 e. The van der Waals surface area contributed by atoms with E-state index < -0.39 is 0 Å². The first-order chi connectivity index (χ1) is 9.21. The molecule has 0 spiro atoms. The molecule has 118 valence electrons. The molecular weight excluding hydrogens is 244 g/mol. The van der Waals surface area contributed by atoms with E-state index in [1.54, 1.807) is 0 Å². The minimum absolute atomic E-state index is 0.358. The highest BCUT2D eigenvalue weighted by Gasteiger charge is 2.39. The Morgan fingerprint density at radius 1 is 1.20 bits per heavy atom. The Labute approximate surface area is 126 Å². The number of nitrogens with one attached hydrogen (secondary N) is 1. The second-order valence-electron chi connectivity index (χ2n) is 9.09. The molecule has 2 rings (SSSR count). The molecule has 0 bridgehead atoms. The zero-order valence-corrected chi connectivity index (χ0v) is 14.6. The van der Waals surface area contributed by atoms with E-state index in [-0.39, 0.29) is 0 Å². The molecule has 2 unspecified atom stereocenters. The van der Waals surface area contributed by atoms with E-state index in [0.717, 1.165) is 12.5 Å². The van der Waals surface area contributed by atoms with Crippen LogP contribution in [0.1, 0.15) is 67.2 Å². The summed E-state index contributed by atoms with van der Waals surface area (Å²) in [6.45, 7) is 18.1. The standard InChI is InChI=1S/C18H36N2/c1-14(2)15-11-19-16(17(3,4)5)12-20(15)13-18(6)9-7-8-10-18/h14-16,19H,7-13H2,1-6H3. The summed E-state index contributed by atoms with van der Waals surface area (Å²) in [4.78, 5) is 2.82. The molecule has 1 saturated heterocycles. The summed E-state index contributed by atoms with van der Waals surface area (Å²) in [5.41, 5.74) is 0.934. The quantitative estimate of drug-likeness (QED) is 0.843. The molecule has 1 aliphatic carbocycles. The Hall–Kier alpha value is -0.0800. The summed E-state index contributed by atoms with van der Waals surface area (Å²) in [6, 6.07) is 1.34. The third-order valence-corrected chi connectivity index (χ3v) is 5.67. The zero-order chi connectivity index (χ0) is 15.0. The summed E-state index contributed by atoms with van der Waals surface area (Å²) in [5, 5.41) is 3.82. The first kappa shape index (κ1) is 16.3. The summed E-state index contributed by atoms with van der Waals surface area (Å²) in [6.07, 6.45) is 5.75. The lowest BCUT2D eigenvalue weighted by molar-refractivity contribution is 0.0321. The van der Waals surface area contributed by atoms with Crippen molar-refractivity contribution in [2.45, 2.75) is 79.3 Å². The Kier molecular flexibility index (Phi) is 4.86. The monoisotopic (exact) mass is 280 g/mol. The van der Waals surface area contributed by atoms with Gasteiger partial charge in [0, 0.05) is 31.7 Å². The van der Waals surface area contributed by atoms with Crippen molar-refractivity contribution in [3.05, 3.63) is 0 Å². The van der Waals surface area contributed by atoms with Crippen molar-refractivity contribution in [1.29, 1.82) is 0 Å². The first-order valence-electron chi connectivity index (χ1n) is 8.69. The van der Waals surface area contributed by atoms with Crippen molar-refractivity contribution in [1.82, 2.24) is 10.2 Å². The largest absolute Gasteiger partial charge is 0.311 e. The van der Waals surface area contributed by atoms with Gasteiger partial charge in [-0.1, -0.05) is 54.4 Å². The van der Waals surface area contributed by atoms with Crippen LogP contribution in [0, 0.1) is 16.7 Å². The maximum Gasteiger partial charge on any atom is 0.0244 e. The molecule has 1 N–H and O–H groups in total. The molecule has 2 fully saturated rings. The molecule has 2 atom stereocenters. The SMILES string of the molecule is CC(C)C1CNC(C(C)(C)C)CN1CC1(C)CCCC1. The predicted octanol–water partition coefficient (Wildman–Crippen LogP) is 3.91. The Bertz CT molecular complexity index is 310. The van der Waals surface area contributed by atoms with Gasteiger partial charge in [0.1, 0.15) is 0 Å². The van der Waals surface area contributed by atoms with Gasteiger partial charge in [0.05, 0.1) is 0 Å². The van der Waals surface area contributed by atoms with Crippen LogP contribution in [0.3, 0.4) is 0 Å². The molecule has 20 heavy (non-hydrogen) atoms. The van der Waals surface area contributed by atoms with Crippen LogP contribution >= 0.6 is 0 Å². The van der Waals surface area contributed by atoms with E-state index >= 15 is 0 Å². The minimum atomic E-state index is 0.358. The summed E-state index contributed by atoms with van der Waals surface area (Å²) in [5.74, 6) is 0.744. The van der Waals surface area contributed by atoms with Crippen molar-refractivity contribution in [3.8, 4) is 0 Å². The topological polar surface area (TPSA) is 15.3 Å². The van der Waals surface area contributed by atoms with Crippen molar-refractivity contribution >= 4 is 0 Å². The maximum atomic E-state index is 3.82. The normalized spacial score (nSPS) is 31.9. The van der Waals surface area contributed by atoms with Crippen LogP contribution < -0.4 is 5.32 Å². The number of hydrogen-bond acceptors (Lipinski definition) is 2. The lowest BCUT2D eigenvalue weighted by Gasteiger charge is -2.48. The molecule has 0 aromatic carbocycles. The van der Waals surface area contributed by atoms with Crippen LogP contribution in [0.4, 0.5) is 0 Å². The molecule has 0 radical (unpaired) electrons. The van der Waals surface area contributed by atoms with E-state index in [4.69, 9.17) is 0 Å². The maximum absolute atomic E-state index is 3.82. The van der Waals surface area contributed by atoms with Crippen LogP contribution in [-0.4, -0.2) is 36.6 Å². The van der Waals surface area contributed by atoms with E-state index in [1.165, 1.54) is 38.8 Å². The van der Waals surface area contributed by atoms with E-state index in [1.807, 2.05) is 0 Å². The first-order valence-corrected chi connectivity index (χ1v) is 8.69. The van der Waals surface area contributed by atoms with Crippen LogP contribution in [0.25, 0.3) is 0 Å². The third kappa shape index (κ3) is 3.76. The summed E-state index contributed by atoms with van der Waals surface area (Å²) in [7, 11) is 0. The zero-order valence-electron chi connectivity index (χ0n) is 14.6. The molecule has 1 saturated carbocycles. The lowest BCUT2D eigenvalue weighted by atomic mass is 9.81. The van der Waals surface area contributed by atoms with Crippen molar-refractivity contribution in [3.63, 3.8) is 0 Å². The second-order valence-corrected chi connectivity index (χ2v) is 9.09. The van der Waals surface area contributed by atoms with Crippen LogP contribution in [0.5, 0.6) is 0 Å². The average molecular weight is 280 g/mol. The van der Waals surface area contributed by atoms with Crippen molar-refractivity contribution in [2.24, 2.45) is 16.7 Å². The van der Waals surface area contributed by atoms with Gasteiger partial charge in [0.2, 0.25) is 0 Å². The highest BCUT2D eigenvalue weighted by molar-refractivity contribution is 4.95. The van der Waals surface area contributed by atoms with Crippen LogP contribution in [0.15, 0.2) is 0 Å². The molecule has 0 amide bonds. The summed E-state index contributed by atoms with van der Waals surface area (Å²) >= 11 is 0. The number of piperazine rings is 1. The van der Waals surface area contributed by atoms with Crippen molar-refractivity contribution in [2.75, 3.05) is 19.6 Å². The molecular formula is C18H36N2. The molecule has 1 heterocycles. The highest BCUT2D eigenvalue weighted by atomic mass is 15.2. The fourth-order valence-electron chi connectivity index (χ4n) is 4.12. The molecule has 2 aliphatic rings. The fourth-order valence-corrected chi connectivity index (χ4v) is 4.12. The minimum Gasteiger partial charge on any atom is -0.311 e. The van der Waals surface area contributed by atoms with Gasteiger partial charge < -0.3 is 5.32 Å². The van der Waals surface area contributed by atoms with E-state index in [9.17, 15) is 0 Å². The van der Waals surface area contributed by atoms with Gasteiger partial charge in [-0.25, -0.2) is 0 Å². The molecule has 0 aromatic heterocycles. The fraction of sp³-hybridized carbons (Fsp3) is 1.00. The van der Waals surface area contributed by atoms with Gasteiger partial charge in [-0.3, -0.25) is 4.90 Å². The van der Waals surface area contributed by atoms with Gasteiger partial charge >= 0.3 is 0 Å². The Morgan fingerprint density at radius 2 is 1.80 bits per heavy atom. The molecule has 0 aromatic rings. The predicted molar refractivity (Wildman–Crippen MR) is 88.0 cm³/mol. The highest BCUT2D eigenvalue weighted by Crippen LogP contribution is 2.39. The van der Waals surface area contributed by atoms with Gasteiger partial charge in [-0.2, -0.15) is 0 Å². The van der Waals surface area contributed by atoms with Crippen LogP contribution in [-0.2, 0) is 0 Å². The number of nitrogens with zero attached hydrogens (tertiary/aromatic N) is 1. The van der Waals surface area contributed by atoms with E-state index in [0.29, 0.717) is 22.9 Å². The second kappa shape index (κ2) is 5.96. The van der Waals surface area contributed by atoms with Gasteiger partial charge in [-0.05, 0) is 29.6 Å². The Balaban J connectivity index is 2.06. The Morgan fingerprint density at radius 3 is 2.30 bits per heavy atom. The third-order valence-electron chi connectivity index (χ3n) is 5.67. The lowest BCUT2D eigenvalue weighted by Crippen LogP contribution is -2.62. The van der Waals surface area contributed by atoms with Gasteiger partial charge in [0.15, 0.2) is 0 Å². The molecule has 1 aliphatic heterocycles. The summed E-state index contributed by atoms with van der Waals surface area (Å²) < 4.78 is 0. The van der Waals surface area contributed by atoms with Gasteiger partial charge in [-0.15, -0.1) is 0 Å². The molecule has 2 nitrogen and oxygen atoms in total. The van der Waals surface area contributed by atoms with Gasteiger partial charge in [0.25, 0.3) is 0 Å². The molecule has 2 heteroatoms. The van der Waals surface area contributed by atoms with E-state index in [2.05, 4.69) is 51.8 Å². The number of rotatable bonds is 3. The number of hydrogen-bond donors (Lipinski definition) is 1. The average Bonchev–Trinajstić information content (AvgIpc) is 2.74. The van der Waals surface area contributed by atoms with Crippen molar-refractivity contribution < 1.29 is 0 Å². The van der Waals surface area contributed by atoms with Crippen LogP contribution in [0.2, 0.25) is 0 Å².